The van der Waals surface area contributed by atoms with Crippen molar-refractivity contribution in [3.8, 4) is 0 Å². The summed E-state index contributed by atoms with van der Waals surface area (Å²) < 4.78 is 5.49. The molecule has 176 valence electrons. The van der Waals surface area contributed by atoms with Crippen molar-refractivity contribution in [2.45, 2.75) is 38.8 Å². The molecule has 0 unspecified atom stereocenters. The van der Waals surface area contributed by atoms with Crippen LogP contribution in [0.2, 0.25) is 0 Å². The van der Waals surface area contributed by atoms with E-state index >= 15 is 0 Å². The van der Waals surface area contributed by atoms with Crippen LogP contribution < -0.4 is 15.5 Å². The van der Waals surface area contributed by atoms with Crippen LogP contribution in [0.25, 0.3) is 0 Å². The quantitative estimate of drug-likeness (QED) is 0.531. The molecule has 1 fully saturated rings. The van der Waals surface area contributed by atoms with Crippen LogP contribution in [0.5, 0.6) is 0 Å². The standard InChI is InChI=1S/C25H31N3O5/c1-25(2,3)33-32-24(30)17-7-9-18(10-8-17)27-23(29)22-20-5-4-6-21(19(20)11-12-26-22)28-13-15-31-16-14-28/h4-10,22,26H,11-16H2,1-3H3,(H,27,29)/t22-/m1/s1. The minimum absolute atomic E-state index is 0.138. The van der Waals surface area contributed by atoms with Gasteiger partial charge in [-0.25, -0.2) is 4.79 Å². The highest BCUT2D eigenvalue weighted by molar-refractivity contribution is 5.97. The normalized spacial score (nSPS) is 18.4. The summed E-state index contributed by atoms with van der Waals surface area (Å²) >= 11 is 0. The van der Waals surface area contributed by atoms with Crippen LogP contribution in [0, 0.1) is 0 Å². The monoisotopic (exact) mass is 453 g/mol. The van der Waals surface area contributed by atoms with E-state index in [1.54, 1.807) is 45.0 Å². The van der Waals surface area contributed by atoms with Gasteiger partial charge in [-0.05, 0) is 68.7 Å². The molecule has 1 atom stereocenters. The average Bonchev–Trinajstić information content (AvgIpc) is 2.82. The predicted octanol–water partition coefficient (Wildman–Crippen LogP) is 3.24. The second kappa shape index (κ2) is 9.91. The van der Waals surface area contributed by atoms with Gasteiger partial charge >= 0.3 is 5.97 Å². The number of ether oxygens (including phenoxy) is 1. The third-order valence-electron chi connectivity index (χ3n) is 5.59. The number of carbonyl (C=O) groups excluding carboxylic acids is 2. The lowest BCUT2D eigenvalue weighted by Crippen LogP contribution is -2.41. The Kier molecular flexibility index (Phi) is 6.97. The molecule has 0 saturated carbocycles. The lowest BCUT2D eigenvalue weighted by atomic mass is 9.91. The highest BCUT2D eigenvalue weighted by atomic mass is 17.2. The van der Waals surface area contributed by atoms with Gasteiger partial charge in [0.25, 0.3) is 0 Å². The molecule has 2 N–H and O–H groups in total. The van der Waals surface area contributed by atoms with E-state index in [4.69, 9.17) is 14.5 Å². The van der Waals surface area contributed by atoms with Crippen LogP contribution in [-0.4, -0.2) is 50.3 Å². The first-order valence-electron chi connectivity index (χ1n) is 11.3. The Balaban J connectivity index is 1.44. The number of hydrogen-bond acceptors (Lipinski definition) is 7. The third-order valence-corrected chi connectivity index (χ3v) is 5.59. The molecule has 33 heavy (non-hydrogen) atoms. The molecule has 8 heteroatoms. The molecule has 0 aliphatic carbocycles. The first-order chi connectivity index (χ1) is 15.8. The van der Waals surface area contributed by atoms with Gasteiger partial charge in [-0.3, -0.25) is 9.68 Å². The molecule has 1 saturated heterocycles. The number of nitrogens with one attached hydrogen (secondary N) is 2. The Morgan fingerprint density at radius 1 is 1.09 bits per heavy atom. The minimum Gasteiger partial charge on any atom is -0.378 e. The van der Waals surface area contributed by atoms with Crippen molar-refractivity contribution in [2.75, 3.05) is 43.1 Å². The summed E-state index contributed by atoms with van der Waals surface area (Å²) in [5.41, 5.74) is 3.77. The van der Waals surface area contributed by atoms with Crippen molar-refractivity contribution in [3.05, 3.63) is 59.2 Å². The van der Waals surface area contributed by atoms with Gasteiger partial charge in [-0.2, -0.15) is 4.89 Å². The lowest BCUT2D eigenvalue weighted by Gasteiger charge is -2.34. The second-order valence-electron chi connectivity index (χ2n) is 9.21. The Bertz CT molecular complexity index is 994. The summed E-state index contributed by atoms with van der Waals surface area (Å²) in [5.74, 6) is -0.720. The highest BCUT2D eigenvalue weighted by Gasteiger charge is 2.29. The number of carbonyl (C=O) groups is 2. The van der Waals surface area contributed by atoms with E-state index in [1.165, 1.54) is 11.3 Å². The topological polar surface area (TPSA) is 89.1 Å². The molecule has 0 radical (unpaired) electrons. The molecule has 1 amide bonds. The molecule has 0 bridgehead atoms. The number of benzene rings is 2. The highest BCUT2D eigenvalue weighted by Crippen LogP contribution is 2.32. The molecule has 2 aromatic rings. The predicted molar refractivity (Wildman–Crippen MR) is 125 cm³/mol. The molecule has 2 aliphatic heterocycles. The van der Waals surface area contributed by atoms with E-state index in [9.17, 15) is 9.59 Å². The molecular weight excluding hydrogens is 422 g/mol. The van der Waals surface area contributed by atoms with E-state index in [2.05, 4.69) is 21.6 Å². The summed E-state index contributed by atoms with van der Waals surface area (Å²) in [5, 5.41) is 6.30. The van der Waals surface area contributed by atoms with Crippen LogP contribution in [0.1, 0.15) is 48.3 Å². The molecule has 2 heterocycles. The van der Waals surface area contributed by atoms with Crippen LogP contribution in [0.3, 0.4) is 0 Å². The van der Waals surface area contributed by atoms with E-state index in [1.807, 2.05) is 12.1 Å². The number of hydrogen-bond donors (Lipinski definition) is 2. The summed E-state index contributed by atoms with van der Waals surface area (Å²) in [4.78, 5) is 37.5. The Hall–Kier alpha value is -2.94. The smallest absolute Gasteiger partial charge is 0.373 e. The van der Waals surface area contributed by atoms with Crippen LogP contribution >= 0.6 is 0 Å². The second-order valence-corrected chi connectivity index (χ2v) is 9.21. The van der Waals surface area contributed by atoms with Gasteiger partial charge in [0.1, 0.15) is 11.6 Å². The fraction of sp³-hybridized carbons (Fsp3) is 0.440. The largest absolute Gasteiger partial charge is 0.378 e. The van der Waals surface area contributed by atoms with Gasteiger partial charge in [-0.15, -0.1) is 0 Å². The molecule has 4 rings (SSSR count). The number of anilines is 2. The first-order valence-corrected chi connectivity index (χ1v) is 11.3. The molecule has 2 aromatic carbocycles. The van der Waals surface area contributed by atoms with Gasteiger partial charge in [0.2, 0.25) is 5.91 Å². The van der Waals surface area contributed by atoms with Crippen LogP contribution in [0.4, 0.5) is 11.4 Å². The van der Waals surface area contributed by atoms with E-state index in [-0.39, 0.29) is 5.91 Å². The zero-order valence-electron chi connectivity index (χ0n) is 19.3. The van der Waals surface area contributed by atoms with Crippen LogP contribution in [-0.2, 0) is 25.7 Å². The van der Waals surface area contributed by atoms with Gasteiger partial charge in [0, 0.05) is 31.0 Å². The minimum atomic E-state index is -0.589. The number of fused-ring (bicyclic) bond motifs is 1. The maximum absolute atomic E-state index is 13.1. The molecule has 8 nitrogen and oxygen atoms in total. The fourth-order valence-electron chi connectivity index (χ4n) is 4.04. The summed E-state index contributed by atoms with van der Waals surface area (Å²) in [6.07, 6.45) is 0.875. The van der Waals surface area contributed by atoms with E-state index < -0.39 is 17.6 Å². The summed E-state index contributed by atoms with van der Waals surface area (Å²) in [6, 6.07) is 12.3. The molecular formula is C25H31N3O5. The Labute approximate surface area is 194 Å². The Morgan fingerprint density at radius 2 is 1.82 bits per heavy atom. The van der Waals surface area contributed by atoms with Crippen molar-refractivity contribution < 1.29 is 24.1 Å². The van der Waals surface area contributed by atoms with Crippen molar-refractivity contribution in [2.24, 2.45) is 0 Å². The fourth-order valence-corrected chi connectivity index (χ4v) is 4.04. The summed E-state index contributed by atoms with van der Waals surface area (Å²) in [6.45, 7) is 9.26. The molecule has 0 spiro atoms. The molecule has 2 aliphatic rings. The SMILES string of the molecule is CC(C)(C)OOC(=O)c1ccc(NC(=O)[C@@H]2NCCc3c2cccc3N2CCOCC2)cc1. The van der Waals surface area contributed by atoms with Crippen molar-refractivity contribution in [3.63, 3.8) is 0 Å². The van der Waals surface area contributed by atoms with Crippen LogP contribution in [0.15, 0.2) is 42.5 Å². The van der Waals surface area contributed by atoms with E-state index in [0.29, 0.717) is 11.3 Å². The summed E-state index contributed by atoms with van der Waals surface area (Å²) in [7, 11) is 0. The van der Waals surface area contributed by atoms with E-state index in [0.717, 1.165) is 44.8 Å². The maximum Gasteiger partial charge on any atom is 0.373 e. The van der Waals surface area contributed by atoms with Gasteiger partial charge in [-0.1, -0.05) is 12.1 Å². The Morgan fingerprint density at radius 3 is 2.52 bits per heavy atom. The zero-order chi connectivity index (χ0) is 23.4. The van der Waals surface area contributed by atoms with Crippen molar-refractivity contribution >= 4 is 23.3 Å². The van der Waals surface area contributed by atoms with Crippen molar-refractivity contribution in [1.82, 2.24) is 5.32 Å². The van der Waals surface area contributed by atoms with Crippen molar-refractivity contribution in [1.29, 1.82) is 0 Å². The zero-order valence-corrected chi connectivity index (χ0v) is 19.3. The maximum atomic E-state index is 13.1. The van der Waals surface area contributed by atoms with Gasteiger partial charge in [0.15, 0.2) is 0 Å². The average molecular weight is 454 g/mol. The number of nitrogens with zero attached hydrogens (tertiary/aromatic N) is 1. The van der Waals surface area contributed by atoms with Gasteiger partial charge in [0.05, 0.1) is 18.8 Å². The lowest BCUT2D eigenvalue weighted by molar-refractivity contribution is -0.301. The van der Waals surface area contributed by atoms with Gasteiger partial charge < -0.3 is 20.3 Å². The third kappa shape index (κ3) is 5.71. The molecule has 0 aromatic heterocycles. The first kappa shape index (κ1) is 23.2. The number of morpholine rings is 1. The number of rotatable bonds is 5. The number of amides is 1.